The summed E-state index contributed by atoms with van der Waals surface area (Å²) in [7, 11) is 1.39. The molecule has 0 bridgehead atoms. The maximum absolute atomic E-state index is 11.9. The Balaban J connectivity index is 1.36. The summed E-state index contributed by atoms with van der Waals surface area (Å²) in [6.07, 6.45) is 8.39. The standard InChI is InChI=1S/C33H36N4O3/c1-3-34-33(39)36-27-13-8-24(9-14-27)22-37(19-18-26-21-35-30-7-5-4-6-28(26)30)31-16-12-25-20-23(10-15-29(25)31)11-17-32(38)40-2/h4-11,13-15,17,20-21,31,35H,3,12,16,18-19,22H2,1-2H3,(H2,34,36,39). The number of methoxy groups -OCH3 is 1. The molecule has 0 fully saturated rings. The predicted octanol–water partition coefficient (Wildman–Crippen LogP) is 6.23. The number of rotatable bonds is 10. The van der Waals surface area contributed by atoms with Crippen molar-refractivity contribution in [1.29, 1.82) is 0 Å². The summed E-state index contributed by atoms with van der Waals surface area (Å²) >= 11 is 0. The number of nitrogens with zero attached hydrogens (tertiary/aromatic N) is 1. The third kappa shape index (κ3) is 6.43. The SMILES string of the molecule is CCNC(=O)Nc1ccc(CN(CCc2c[nH]c3ccccc23)C2CCc3cc(C=CC(=O)OC)ccc32)cc1. The van der Waals surface area contributed by atoms with Crippen LogP contribution in [0.2, 0.25) is 0 Å². The van der Waals surface area contributed by atoms with E-state index in [1.165, 1.54) is 40.8 Å². The molecule has 3 aromatic carbocycles. The average Bonchev–Trinajstić information content (AvgIpc) is 3.59. The van der Waals surface area contributed by atoms with Crippen molar-refractivity contribution in [2.75, 3.05) is 25.5 Å². The van der Waals surface area contributed by atoms with E-state index >= 15 is 0 Å². The zero-order valence-electron chi connectivity index (χ0n) is 23.1. The molecule has 1 heterocycles. The van der Waals surface area contributed by atoms with Crippen molar-refractivity contribution in [3.05, 3.63) is 107 Å². The lowest BCUT2D eigenvalue weighted by molar-refractivity contribution is -0.134. The van der Waals surface area contributed by atoms with E-state index in [0.717, 1.165) is 49.1 Å². The number of esters is 1. The van der Waals surface area contributed by atoms with Gasteiger partial charge in [0.2, 0.25) is 0 Å². The van der Waals surface area contributed by atoms with Crippen LogP contribution in [0.25, 0.3) is 17.0 Å². The lowest BCUT2D eigenvalue weighted by Gasteiger charge is -2.30. The molecule has 3 N–H and O–H groups in total. The summed E-state index contributed by atoms with van der Waals surface area (Å²) in [5, 5.41) is 6.91. The van der Waals surface area contributed by atoms with Gasteiger partial charge >= 0.3 is 12.0 Å². The minimum Gasteiger partial charge on any atom is -0.466 e. The molecule has 7 heteroatoms. The van der Waals surface area contributed by atoms with Crippen LogP contribution in [0.5, 0.6) is 0 Å². The number of amides is 2. The Labute approximate surface area is 235 Å². The van der Waals surface area contributed by atoms with Crippen LogP contribution in [-0.4, -0.2) is 42.1 Å². The Morgan fingerprint density at radius 1 is 1.10 bits per heavy atom. The smallest absolute Gasteiger partial charge is 0.330 e. The normalized spacial score (nSPS) is 14.5. The molecule has 1 aliphatic carbocycles. The Morgan fingerprint density at radius 3 is 2.73 bits per heavy atom. The first-order valence-corrected chi connectivity index (χ1v) is 13.9. The van der Waals surface area contributed by atoms with Crippen molar-refractivity contribution in [2.24, 2.45) is 0 Å². The quantitative estimate of drug-likeness (QED) is 0.166. The van der Waals surface area contributed by atoms with Gasteiger partial charge in [-0.3, -0.25) is 4.90 Å². The minimum absolute atomic E-state index is 0.195. The van der Waals surface area contributed by atoms with Crippen LogP contribution in [-0.2, 0) is 28.9 Å². The molecule has 0 radical (unpaired) electrons. The van der Waals surface area contributed by atoms with Crippen molar-refractivity contribution >= 4 is 34.7 Å². The van der Waals surface area contributed by atoms with Gasteiger partial charge in [0.1, 0.15) is 0 Å². The molecule has 1 aromatic heterocycles. The molecule has 206 valence electrons. The number of urea groups is 1. The number of nitrogens with one attached hydrogen (secondary N) is 3. The molecule has 1 atom stereocenters. The molecule has 40 heavy (non-hydrogen) atoms. The maximum Gasteiger partial charge on any atom is 0.330 e. The number of aryl methyl sites for hydroxylation is 1. The second-order valence-corrected chi connectivity index (χ2v) is 10.1. The number of anilines is 1. The van der Waals surface area contributed by atoms with E-state index in [-0.39, 0.29) is 12.0 Å². The topological polar surface area (TPSA) is 86.5 Å². The lowest BCUT2D eigenvalue weighted by Crippen LogP contribution is -2.29. The van der Waals surface area contributed by atoms with Gasteiger partial charge in [0.15, 0.2) is 0 Å². The molecule has 4 aromatic rings. The van der Waals surface area contributed by atoms with Crippen LogP contribution in [0.3, 0.4) is 0 Å². The van der Waals surface area contributed by atoms with Crippen molar-refractivity contribution in [1.82, 2.24) is 15.2 Å². The van der Waals surface area contributed by atoms with Crippen LogP contribution < -0.4 is 10.6 Å². The largest absolute Gasteiger partial charge is 0.466 e. The summed E-state index contributed by atoms with van der Waals surface area (Å²) in [6, 6.07) is 23.1. The van der Waals surface area contributed by atoms with E-state index in [1.807, 2.05) is 25.1 Å². The first-order chi connectivity index (χ1) is 19.5. The monoisotopic (exact) mass is 536 g/mol. The van der Waals surface area contributed by atoms with Gasteiger partial charge in [-0.1, -0.05) is 48.5 Å². The predicted molar refractivity (Wildman–Crippen MR) is 160 cm³/mol. The minimum atomic E-state index is -0.353. The van der Waals surface area contributed by atoms with Crippen molar-refractivity contribution in [3.63, 3.8) is 0 Å². The second kappa shape index (κ2) is 12.7. The summed E-state index contributed by atoms with van der Waals surface area (Å²) in [5.41, 5.74) is 8.15. The molecule has 2 amide bonds. The second-order valence-electron chi connectivity index (χ2n) is 10.1. The number of para-hydroxylation sites is 1. The van der Waals surface area contributed by atoms with E-state index in [2.05, 4.69) is 81.3 Å². The molecule has 0 saturated carbocycles. The molecule has 1 aliphatic rings. The molecule has 7 nitrogen and oxygen atoms in total. The van der Waals surface area contributed by atoms with Gasteiger partial charge in [0, 0.05) is 54.5 Å². The molecular formula is C33H36N4O3. The fraction of sp³-hybridized carbons (Fsp3) is 0.273. The van der Waals surface area contributed by atoms with Gasteiger partial charge in [-0.25, -0.2) is 9.59 Å². The van der Waals surface area contributed by atoms with Crippen LogP contribution in [0.4, 0.5) is 10.5 Å². The average molecular weight is 537 g/mol. The van der Waals surface area contributed by atoms with Crippen molar-refractivity contribution < 1.29 is 14.3 Å². The number of ether oxygens (including phenoxy) is 1. The first-order valence-electron chi connectivity index (χ1n) is 13.9. The zero-order valence-corrected chi connectivity index (χ0v) is 23.1. The third-order valence-corrected chi connectivity index (χ3v) is 7.55. The number of carbonyl (C=O) groups excluding carboxylic acids is 2. The van der Waals surface area contributed by atoms with Crippen LogP contribution in [0, 0.1) is 0 Å². The Bertz CT molecular complexity index is 1510. The van der Waals surface area contributed by atoms with Gasteiger partial charge in [0.25, 0.3) is 0 Å². The van der Waals surface area contributed by atoms with Gasteiger partial charge < -0.3 is 20.4 Å². The number of aromatic nitrogens is 1. The number of aromatic amines is 1. The highest BCUT2D eigenvalue weighted by molar-refractivity contribution is 5.89. The third-order valence-electron chi connectivity index (χ3n) is 7.55. The highest BCUT2D eigenvalue weighted by atomic mass is 16.5. The van der Waals surface area contributed by atoms with Gasteiger partial charge in [-0.05, 0) is 78.3 Å². The fourth-order valence-corrected chi connectivity index (χ4v) is 5.54. The first kappa shape index (κ1) is 27.2. The number of H-pyrrole nitrogens is 1. The van der Waals surface area contributed by atoms with E-state index in [1.54, 1.807) is 0 Å². The fourth-order valence-electron chi connectivity index (χ4n) is 5.54. The number of benzene rings is 3. The van der Waals surface area contributed by atoms with E-state index < -0.39 is 0 Å². The number of hydrogen-bond acceptors (Lipinski definition) is 4. The molecule has 0 spiro atoms. The number of fused-ring (bicyclic) bond motifs is 2. The van der Waals surface area contributed by atoms with Gasteiger partial charge in [-0.2, -0.15) is 0 Å². The maximum atomic E-state index is 11.9. The van der Waals surface area contributed by atoms with Crippen molar-refractivity contribution in [2.45, 2.75) is 38.8 Å². The summed E-state index contributed by atoms with van der Waals surface area (Å²) in [5.74, 6) is -0.353. The Morgan fingerprint density at radius 2 is 1.93 bits per heavy atom. The van der Waals surface area contributed by atoms with E-state index in [4.69, 9.17) is 4.74 Å². The van der Waals surface area contributed by atoms with Gasteiger partial charge in [0.05, 0.1) is 7.11 Å². The molecule has 5 rings (SSSR count). The summed E-state index contributed by atoms with van der Waals surface area (Å²) in [6.45, 7) is 4.20. The van der Waals surface area contributed by atoms with Crippen LogP contribution in [0.1, 0.15) is 47.2 Å². The van der Waals surface area contributed by atoms with Crippen LogP contribution >= 0.6 is 0 Å². The molecule has 0 aliphatic heterocycles. The van der Waals surface area contributed by atoms with Crippen molar-refractivity contribution in [3.8, 4) is 0 Å². The van der Waals surface area contributed by atoms with E-state index in [0.29, 0.717) is 12.6 Å². The Hall–Kier alpha value is -4.36. The van der Waals surface area contributed by atoms with Gasteiger partial charge in [-0.15, -0.1) is 0 Å². The highest BCUT2D eigenvalue weighted by Crippen LogP contribution is 2.37. The highest BCUT2D eigenvalue weighted by Gasteiger charge is 2.28. The molecular weight excluding hydrogens is 500 g/mol. The number of carbonyl (C=O) groups is 2. The van der Waals surface area contributed by atoms with E-state index in [9.17, 15) is 9.59 Å². The Kier molecular flexibility index (Phi) is 8.62. The number of hydrogen-bond donors (Lipinski definition) is 3. The molecule has 0 saturated heterocycles. The lowest BCUT2D eigenvalue weighted by atomic mass is 10.0. The molecule has 1 unspecified atom stereocenters. The summed E-state index contributed by atoms with van der Waals surface area (Å²) in [4.78, 5) is 29.4. The van der Waals surface area contributed by atoms with Crippen LogP contribution in [0.15, 0.2) is 79.0 Å². The summed E-state index contributed by atoms with van der Waals surface area (Å²) < 4.78 is 4.73. The zero-order chi connectivity index (χ0) is 27.9.